The fourth-order valence-corrected chi connectivity index (χ4v) is 7.47. The highest BCUT2D eigenvalue weighted by Gasteiger charge is 2.29. The van der Waals surface area contributed by atoms with E-state index in [-0.39, 0.29) is 23.6 Å². The Hall–Kier alpha value is -2.68. The molecule has 2 aromatic heterocycles. The van der Waals surface area contributed by atoms with E-state index in [0.29, 0.717) is 31.1 Å². The number of carbonyl (C=O) groups is 1. The number of methoxy groups -OCH3 is 1. The number of aromatic nitrogens is 2. The van der Waals surface area contributed by atoms with Crippen LogP contribution >= 0.6 is 33.5 Å². The fourth-order valence-electron chi connectivity index (χ4n) is 4.48. The minimum atomic E-state index is -2.54. The van der Waals surface area contributed by atoms with Gasteiger partial charge in [-0.3, -0.25) is 19.2 Å². The lowest BCUT2D eigenvalue weighted by molar-refractivity contribution is 0.0768. The monoisotopic (exact) mass is 532 g/mol. The number of nitrogens with one attached hydrogen (secondary N) is 3. The summed E-state index contributed by atoms with van der Waals surface area (Å²) in [7, 11) is -0.908. The molecule has 35 heavy (non-hydrogen) atoms. The van der Waals surface area contributed by atoms with Crippen molar-refractivity contribution in [1.29, 1.82) is 0 Å². The number of hydrogen-bond acceptors (Lipinski definition) is 11. The summed E-state index contributed by atoms with van der Waals surface area (Å²) in [6.07, 6.45) is -0.166. The van der Waals surface area contributed by atoms with Gasteiger partial charge in [-0.1, -0.05) is 10.6 Å². The van der Waals surface area contributed by atoms with Gasteiger partial charge in [-0.25, -0.2) is 0 Å². The van der Waals surface area contributed by atoms with Crippen LogP contribution in [-0.2, 0) is 0 Å². The van der Waals surface area contributed by atoms with Crippen LogP contribution in [0.4, 0.5) is 10.7 Å². The number of hydrogen-bond donors (Lipinski definition) is 5. The van der Waals surface area contributed by atoms with Crippen molar-refractivity contribution in [2.24, 2.45) is 0 Å². The number of nitrogens with zero attached hydrogens (tertiary/aromatic N) is 3. The summed E-state index contributed by atoms with van der Waals surface area (Å²) in [4.78, 5) is 14.8. The summed E-state index contributed by atoms with van der Waals surface area (Å²) in [5.74, 6) is 1.09. The smallest absolute Gasteiger partial charge is 0.254 e. The van der Waals surface area contributed by atoms with Crippen LogP contribution in [0.3, 0.4) is 0 Å². The van der Waals surface area contributed by atoms with Crippen molar-refractivity contribution in [3.8, 4) is 5.75 Å². The Kier molecular flexibility index (Phi) is 5.70. The molecule has 4 aromatic rings. The van der Waals surface area contributed by atoms with Crippen molar-refractivity contribution in [3.05, 3.63) is 41.5 Å². The Labute approximate surface area is 210 Å². The van der Waals surface area contributed by atoms with Crippen molar-refractivity contribution in [3.63, 3.8) is 0 Å². The number of rotatable bonds is 4. The van der Waals surface area contributed by atoms with Gasteiger partial charge in [-0.05, 0) is 29.7 Å². The Balaban J connectivity index is 1.30. The molecule has 13 heteroatoms. The summed E-state index contributed by atoms with van der Waals surface area (Å²) in [6, 6.07) is 9.66. The van der Waals surface area contributed by atoms with Gasteiger partial charge in [-0.15, -0.1) is 16.4 Å². The molecule has 0 bridgehead atoms. The highest BCUT2D eigenvalue weighted by atomic mass is 32.3. The first-order valence-electron chi connectivity index (χ1n) is 11.0. The van der Waals surface area contributed by atoms with Gasteiger partial charge in [0.2, 0.25) is 0 Å². The van der Waals surface area contributed by atoms with Gasteiger partial charge in [0, 0.05) is 40.4 Å². The molecular formula is C22H24N6O4S3. The number of anilines is 2. The molecule has 1 saturated heterocycles. The molecule has 6 rings (SSSR count). The van der Waals surface area contributed by atoms with Crippen molar-refractivity contribution >= 4 is 70.4 Å². The molecular weight excluding hydrogens is 508 g/mol. The van der Waals surface area contributed by atoms with Crippen molar-refractivity contribution in [2.45, 2.75) is 6.17 Å². The highest BCUT2D eigenvalue weighted by Crippen LogP contribution is 2.44. The highest BCUT2D eigenvalue weighted by molar-refractivity contribution is 8.24. The summed E-state index contributed by atoms with van der Waals surface area (Å²) in [5.41, 5.74) is 3.34. The van der Waals surface area contributed by atoms with E-state index in [1.807, 2.05) is 30.3 Å². The van der Waals surface area contributed by atoms with Crippen molar-refractivity contribution in [2.75, 3.05) is 49.0 Å². The molecule has 0 saturated carbocycles. The number of amides is 1. The van der Waals surface area contributed by atoms with E-state index < -0.39 is 10.6 Å². The Morgan fingerprint density at radius 2 is 2.06 bits per heavy atom. The van der Waals surface area contributed by atoms with Gasteiger partial charge >= 0.3 is 0 Å². The molecule has 1 amide bonds. The zero-order valence-electron chi connectivity index (χ0n) is 18.8. The first kappa shape index (κ1) is 22.8. The Bertz CT molecular complexity index is 1430. The third kappa shape index (κ3) is 4.17. The van der Waals surface area contributed by atoms with Crippen molar-refractivity contribution < 1.29 is 18.6 Å². The second-order valence-corrected chi connectivity index (χ2v) is 12.7. The van der Waals surface area contributed by atoms with Crippen LogP contribution in [0.5, 0.6) is 5.75 Å². The lowest BCUT2D eigenvalue weighted by Crippen LogP contribution is -2.42. The first-order valence-corrected chi connectivity index (χ1v) is 14.5. The van der Waals surface area contributed by atoms with E-state index in [1.165, 1.54) is 11.5 Å². The van der Waals surface area contributed by atoms with Crippen LogP contribution < -0.4 is 20.7 Å². The van der Waals surface area contributed by atoms with Crippen LogP contribution in [-0.4, -0.2) is 67.9 Å². The number of benzene rings is 2. The lowest BCUT2D eigenvalue weighted by Gasteiger charge is -2.40. The molecule has 2 aromatic carbocycles. The molecule has 1 fully saturated rings. The van der Waals surface area contributed by atoms with Gasteiger partial charge in [0.1, 0.15) is 17.4 Å². The number of carbonyl (C=O) groups excluding carboxylic acids is 1. The van der Waals surface area contributed by atoms with E-state index in [2.05, 4.69) is 25.5 Å². The number of thiophene rings is 1. The predicted molar refractivity (Wildman–Crippen MR) is 142 cm³/mol. The van der Waals surface area contributed by atoms with Crippen LogP contribution in [0.2, 0.25) is 0 Å². The maximum Gasteiger partial charge on any atom is 0.254 e. The standard InChI is InChI=1S/C22H24N6O4S3/c1-32-16-9-15-18(34-27-26-15)10-14(16)25-20-19-13-3-2-12(8-17(13)33-21(19)24-11-23-20)22(29)28-4-6-35(30,31)7-5-28/h2-3,8-10,20,23-25,30-31H,4-7,11H2,1H3. The van der Waals surface area contributed by atoms with Gasteiger partial charge in [0.25, 0.3) is 5.91 Å². The average molecular weight is 533 g/mol. The third-order valence-corrected chi connectivity index (χ3v) is 9.84. The Morgan fingerprint density at radius 1 is 1.23 bits per heavy atom. The topological polar surface area (TPSA) is 132 Å². The zero-order chi connectivity index (χ0) is 24.2. The molecule has 10 nitrogen and oxygen atoms in total. The van der Waals surface area contributed by atoms with E-state index in [4.69, 9.17) is 4.74 Å². The van der Waals surface area contributed by atoms with E-state index >= 15 is 0 Å². The molecule has 0 spiro atoms. The zero-order valence-corrected chi connectivity index (χ0v) is 21.2. The molecule has 5 N–H and O–H groups in total. The van der Waals surface area contributed by atoms with Crippen LogP contribution in [0.25, 0.3) is 20.3 Å². The maximum absolute atomic E-state index is 13.1. The fraction of sp³-hybridized carbons (Fsp3) is 0.318. The largest absolute Gasteiger partial charge is 0.495 e. The second-order valence-electron chi connectivity index (χ2n) is 8.49. The summed E-state index contributed by atoms with van der Waals surface area (Å²) >= 11 is 2.96. The van der Waals surface area contributed by atoms with E-state index in [1.54, 1.807) is 23.3 Å². The lowest BCUT2D eigenvalue weighted by atomic mass is 10.1. The van der Waals surface area contributed by atoms with Gasteiger partial charge in [0.15, 0.2) is 0 Å². The summed E-state index contributed by atoms with van der Waals surface area (Å²) in [5, 5.41) is 16.7. The van der Waals surface area contributed by atoms with Gasteiger partial charge in [0.05, 0.1) is 40.7 Å². The first-order chi connectivity index (χ1) is 16.9. The molecule has 184 valence electrons. The number of ether oxygens (including phenoxy) is 1. The second kappa shape index (κ2) is 8.76. The summed E-state index contributed by atoms with van der Waals surface area (Å²) in [6.45, 7) is 1.31. The van der Waals surface area contributed by atoms with E-state index in [9.17, 15) is 13.9 Å². The molecule has 0 aliphatic carbocycles. The molecule has 0 radical (unpaired) electrons. The average Bonchev–Trinajstić information content (AvgIpc) is 3.46. The molecule has 2 aliphatic heterocycles. The molecule has 2 aliphatic rings. The van der Waals surface area contributed by atoms with Crippen LogP contribution in [0, 0.1) is 0 Å². The molecule has 4 heterocycles. The van der Waals surface area contributed by atoms with E-state index in [0.717, 1.165) is 36.6 Å². The van der Waals surface area contributed by atoms with Gasteiger partial charge in [-0.2, -0.15) is 10.6 Å². The molecule has 1 unspecified atom stereocenters. The quantitative estimate of drug-likeness (QED) is 0.262. The predicted octanol–water partition coefficient (Wildman–Crippen LogP) is 4.20. The summed E-state index contributed by atoms with van der Waals surface area (Å²) < 4.78 is 31.3. The van der Waals surface area contributed by atoms with Crippen LogP contribution in [0.1, 0.15) is 22.1 Å². The van der Waals surface area contributed by atoms with Crippen molar-refractivity contribution in [1.82, 2.24) is 19.8 Å². The minimum Gasteiger partial charge on any atom is -0.495 e. The molecule has 1 atom stereocenters. The number of fused-ring (bicyclic) bond motifs is 4. The van der Waals surface area contributed by atoms with Crippen LogP contribution in [0.15, 0.2) is 30.3 Å². The minimum absolute atomic E-state index is 0.0786. The maximum atomic E-state index is 13.1. The normalized spacial score (nSPS) is 20.3. The SMILES string of the molecule is COc1cc2nnsc2cc1NC1NCNc2sc3cc(C(=O)N4CCS(O)(O)CC4)ccc3c21. The van der Waals surface area contributed by atoms with Gasteiger partial charge < -0.3 is 20.3 Å². The third-order valence-electron chi connectivity index (χ3n) is 6.35. The Morgan fingerprint density at radius 3 is 2.86 bits per heavy atom.